The highest BCUT2D eigenvalue weighted by atomic mass is 16.6. The molecule has 170 valence electrons. The fourth-order valence-corrected chi connectivity index (χ4v) is 8.45. The summed E-state index contributed by atoms with van der Waals surface area (Å²) in [6.07, 6.45) is 3.18. The van der Waals surface area contributed by atoms with E-state index in [0.717, 1.165) is 36.4 Å². The number of nitrogens with zero attached hydrogens (tertiary/aromatic N) is 2. The van der Waals surface area contributed by atoms with Gasteiger partial charge in [0.15, 0.2) is 0 Å². The van der Waals surface area contributed by atoms with E-state index in [-0.39, 0.29) is 36.0 Å². The first-order valence-electron chi connectivity index (χ1n) is 11.4. The van der Waals surface area contributed by atoms with Crippen LogP contribution in [0.3, 0.4) is 0 Å². The fourth-order valence-electron chi connectivity index (χ4n) is 8.45. The molecule has 5 heterocycles. The third-order valence-electron chi connectivity index (χ3n) is 9.27. The number of piperidine rings is 4. The molecule has 6 unspecified atom stereocenters. The highest BCUT2D eigenvalue weighted by Crippen LogP contribution is 2.73. The molecule has 4 saturated heterocycles. The molecule has 5 aliphatic heterocycles. The molecule has 7 heteroatoms. The Bertz CT molecular complexity index is 1070. The molecule has 0 amide bonds. The Balaban J connectivity index is 1.68. The number of ether oxygens (including phenoxy) is 3. The summed E-state index contributed by atoms with van der Waals surface area (Å²) in [5.41, 5.74) is 2.12. The van der Waals surface area contributed by atoms with Gasteiger partial charge in [0, 0.05) is 44.2 Å². The molecule has 0 N–H and O–H groups in total. The van der Waals surface area contributed by atoms with Gasteiger partial charge in [-0.25, -0.2) is 0 Å². The highest BCUT2D eigenvalue weighted by molar-refractivity contribution is 5.85. The molecule has 1 aromatic carbocycles. The smallest absolute Gasteiger partial charge is 0.317 e. The van der Waals surface area contributed by atoms with E-state index in [9.17, 15) is 9.59 Å². The molecule has 0 radical (unpaired) electrons. The van der Waals surface area contributed by atoms with E-state index < -0.39 is 16.9 Å². The summed E-state index contributed by atoms with van der Waals surface area (Å²) in [6.45, 7) is 4.36. The van der Waals surface area contributed by atoms with Gasteiger partial charge in [-0.3, -0.25) is 14.5 Å². The first-order valence-corrected chi connectivity index (χ1v) is 11.4. The van der Waals surface area contributed by atoms with Crippen LogP contribution in [-0.4, -0.2) is 68.9 Å². The highest BCUT2D eigenvalue weighted by Gasteiger charge is 2.84. The Morgan fingerprint density at radius 3 is 2.69 bits per heavy atom. The summed E-state index contributed by atoms with van der Waals surface area (Å²) in [4.78, 5) is 31.2. The molecule has 7 rings (SSSR count). The van der Waals surface area contributed by atoms with E-state index in [1.807, 2.05) is 13.0 Å². The Morgan fingerprint density at radius 2 is 2.03 bits per heavy atom. The van der Waals surface area contributed by atoms with Crippen LogP contribution < -0.4 is 9.64 Å². The minimum absolute atomic E-state index is 0.0109. The van der Waals surface area contributed by atoms with Crippen molar-refractivity contribution in [2.45, 2.75) is 56.3 Å². The summed E-state index contributed by atoms with van der Waals surface area (Å²) >= 11 is 0. The van der Waals surface area contributed by atoms with Crippen LogP contribution in [-0.2, 0) is 24.5 Å². The van der Waals surface area contributed by atoms with Crippen molar-refractivity contribution in [2.24, 2.45) is 11.3 Å². The molecule has 8 atom stereocenters. The van der Waals surface area contributed by atoms with Gasteiger partial charge in [-0.1, -0.05) is 11.6 Å². The molecule has 5 bridgehead atoms. The van der Waals surface area contributed by atoms with Gasteiger partial charge in [0.05, 0.1) is 25.7 Å². The summed E-state index contributed by atoms with van der Waals surface area (Å²) in [5, 5.41) is 0. The van der Waals surface area contributed by atoms with Crippen molar-refractivity contribution in [3.05, 3.63) is 35.4 Å². The van der Waals surface area contributed by atoms with Crippen molar-refractivity contribution in [3.63, 3.8) is 0 Å². The molecule has 1 aromatic rings. The lowest BCUT2D eigenvalue weighted by Gasteiger charge is -2.61. The Morgan fingerprint density at radius 1 is 1.25 bits per heavy atom. The van der Waals surface area contributed by atoms with Gasteiger partial charge >= 0.3 is 11.9 Å². The largest absolute Gasteiger partial charge is 0.497 e. The average molecular weight is 439 g/mol. The molecular weight excluding hydrogens is 408 g/mol. The monoisotopic (exact) mass is 438 g/mol. The van der Waals surface area contributed by atoms with E-state index in [4.69, 9.17) is 14.2 Å². The van der Waals surface area contributed by atoms with Crippen LogP contribution in [0.1, 0.15) is 32.3 Å². The Kier molecular flexibility index (Phi) is 3.94. The number of hydrogen-bond donors (Lipinski definition) is 0. The van der Waals surface area contributed by atoms with Crippen molar-refractivity contribution in [1.82, 2.24) is 4.90 Å². The zero-order valence-electron chi connectivity index (χ0n) is 19.3. The lowest BCUT2D eigenvalue weighted by atomic mass is 9.58. The maximum absolute atomic E-state index is 13.8. The number of carbonyl (C=O) groups excluding carboxylic acids is 2. The van der Waals surface area contributed by atoms with E-state index in [1.54, 1.807) is 7.11 Å². The summed E-state index contributed by atoms with van der Waals surface area (Å²) < 4.78 is 17.3. The second kappa shape index (κ2) is 6.28. The van der Waals surface area contributed by atoms with Gasteiger partial charge in [-0.15, -0.1) is 0 Å². The lowest BCUT2D eigenvalue weighted by molar-refractivity contribution is -0.187. The van der Waals surface area contributed by atoms with Gasteiger partial charge < -0.3 is 19.1 Å². The third-order valence-corrected chi connectivity index (χ3v) is 9.27. The molecule has 1 spiro atoms. The van der Waals surface area contributed by atoms with Crippen LogP contribution in [0.2, 0.25) is 0 Å². The van der Waals surface area contributed by atoms with Gasteiger partial charge in [0.1, 0.15) is 17.3 Å². The third kappa shape index (κ3) is 1.94. The molecule has 1 aliphatic carbocycles. The molecule has 5 fully saturated rings. The normalized spacial score (nSPS) is 43.3. The van der Waals surface area contributed by atoms with Gasteiger partial charge in [0.2, 0.25) is 0 Å². The summed E-state index contributed by atoms with van der Waals surface area (Å²) in [5.74, 6) is 0.184. The molecular formula is C25H30N2O5. The standard InChI is InChI=1S/C25H30N2O5/c1-6-14-12-27-19-10-16(14)25(23(29)31-5)20(27)11-24(22(25)32-13(2)28)17-9-15(30-4)7-8-18(17)26(3)21(19)24/h6-9,16,19-22H,10-12H2,1-5H3/b14-6-/t16?,19?,20-,21?,22?,24+,25?/m0/s1. The van der Waals surface area contributed by atoms with E-state index >= 15 is 0 Å². The second-order valence-corrected chi connectivity index (χ2v) is 10.0. The predicted molar refractivity (Wildman–Crippen MR) is 118 cm³/mol. The van der Waals surface area contributed by atoms with Gasteiger partial charge in [0.25, 0.3) is 0 Å². The van der Waals surface area contributed by atoms with Crippen LogP contribution in [0.15, 0.2) is 29.8 Å². The van der Waals surface area contributed by atoms with Crippen LogP contribution >= 0.6 is 0 Å². The molecule has 7 nitrogen and oxygen atoms in total. The average Bonchev–Trinajstić information content (AvgIpc) is 3.18. The maximum atomic E-state index is 13.8. The Labute approximate surface area is 188 Å². The summed E-state index contributed by atoms with van der Waals surface area (Å²) in [6, 6.07) is 6.55. The minimum Gasteiger partial charge on any atom is -0.497 e. The van der Waals surface area contributed by atoms with Crippen molar-refractivity contribution in [1.29, 1.82) is 0 Å². The van der Waals surface area contributed by atoms with Crippen molar-refractivity contribution in [3.8, 4) is 5.75 Å². The number of likely N-dealkylation sites (N-methyl/N-ethyl adjacent to an activating group) is 1. The fraction of sp³-hybridized carbons (Fsp3) is 0.600. The number of esters is 2. The quantitative estimate of drug-likeness (QED) is 0.530. The number of anilines is 1. The van der Waals surface area contributed by atoms with Crippen molar-refractivity contribution < 1.29 is 23.8 Å². The number of fused-ring (bicyclic) bond motifs is 2. The van der Waals surface area contributed by atoms with Crippen molar-refractivity contribution >= 4 is 17.6 Å². The molecule has 0 aromatic heterocycles. The van der Waals surface area contributed by atoms with E-state index in [0.29, 0.717) is 0 Å². The van der Waals surface area contributed by atoms with Gasteiger partial charge in [-0.2, -0.15) is 0 Å². The topological polar surface area (TPSA) is 68.3 Å². The van der Waals surface area contributed by atoms with Crippen LogP contribution in [0, 0.1) is 11.3 Å². The predicted octanol–water partition coefficient (Wildman–Crippen LogP) is 2.28. The lowest BCUT2D eigenvalue weighted by Crippen LogP contribution is -2.71. The number of benzene rings is 1. The molecule has 32 heavy (non-hydrogen) atoms. The molecule has 1 saturated carbocycles. The van der Waals surface area contributed by atoms with Crippen LogP contribution in [0.25, 0.3) is 0 Å². The van der Waals surface area contributed by atoms with Crippen molar-refractivity contribution in [2.75, 3.05) is 32.7 Å². The minimum atomic E-state index is -0.905. The number of hydrogen-bond acceptors (Lipinski definition) is 7. The first kappa shape index (κ1) is 20.1. The van der Waals surface area contributed by atoms with E-state index in [2.05, 4.69) is 35.1 Å². The number of methoxy groups -OCH3 is 2. The zero-order chi connectivity index (χ0) is 22.6. The number of carbonyl (C=O) groups is 2. The van der Waals surface area contributed by atoms with E-state index in [1.165, 1.54) is 19.6 Å². The second-order valence-electron chi connectivity index (χ2n) is 10.0. The maximum Gasteiger partial charge on any atom is 0.317 e. The molecule has 6 aliphatic rings. The summed E-state index contributed by atoms with van der Waals surface area (Å²) in [7, 11) is 5.26. The number of rotatable bonds is 3. The Hall–Kier alpha value is -2.54. The zero-order valence-corrected chi connectivity index (χ0v) is 19.3. The van der Waals surface area contributed by atoms with Crippen LogP contribution in [0.4, 0.5) is 5.69 Å². The van der Waals surface area contributed by atoms with Gasteiger partial charge in [-0.05, 0) is 43.5 Å². The number of allylic oxidation sites excluding steroid dienone is 1. The van der Waals surface area contributed by atoms with Crippen LogP contribution in [0.5, 0.6) is 5.75 Å². The first-order chi connectivity index (χ1) is 15.4. The SMILES string of the molecule is C/C=C1/CN2C3CC1C1(C(=O)OC)C(OC(C)=O)[C@]4(C[C@H]21)c1cc(OC)ccc1N(C)C34.